The van der Waals surface area contributed by atoms with Crippen LogP contribution in [0.1, 0.15) is 45.9 Å². The second-order valence-electron chi connectivity index (χ2n) is 7.37. The highest BCUT2D eigenvalue weighted by molar-refractivity contribution is 7.20. The van der Waals surface area contributed by atoms with Crippen molar-refractivity contribution in [3.8, 4) is 11.5 Å². The van der Waals surface area contributed by atoms with Gasteiger partial charge in [-0.2, -0.15) is 0 Å². The Morgan fingerprint density at radius 3 is 2.83 bits per heavy atom. The molecule has 1 aliphatic heterocycles. The first kappa shape index (κ1) is 20.4. The number of fused-ring (bicyclic) bond motifs is 2. The van der Waals surface area contributed by atoms with Crippen LogP contribution in [0.4, 0.5) is 0 Å². The van der Waals surface area contributed by atoms with E-state index in [-0.39, 0.29) is 18.0 Å². The lowest BCUT2D eigenvalue weighted by Gasteiger charge is -2.13. The average Bonchev–Trinajstić information content (AvgIpc) is 2.92. The van der Waals surface area contributed by atoms with Gasteiger partial charge < -0.3 is 14.8 Å². The Kier molecular flexibility index (Phi) is 5.76. The first-order valence-corrected chi connectivity index (χ1v) is 10.9. The van der Waals surface area contributed by atoms with Crippen LogP contribution in [0.25, 0.3) is 10.2 Å². The third-order valence-corrected chi connectivity index (χ3v) is 6.73. The zero-order valence-electron chi connectivity index (χ0n) is 17.4. The normalized spacial score (nSPS) is 13.6. The van der Waals surface area contributed by atoms with Crippen molar-refractivity contribution in [3.63, 3.8) is 0 Å². The Morgan fingerprint density at radius 1 is 1.23 bits per heavy atom. The van der Waals surface area contributed by atoms with Gasteiger partial charge in [-0.25, -0.2) is 4.98 Å². The molecule has 0 radical (unpaired) electrons. The van der Waals surface area contributed by atoms with E-state index in [1.807, 2.05) is 25.1 Å². The van der Waals surface area contributed by atoms with Crippen molar-refractivity contribution in [2.24, 2.45) is 0 Å². The third kappa shape index (κ3) is 3.56. The van der Waals surface area contributed by atoms with Crippen molar-refractivity contribution in [3.05, 3.63) is 50.4 Å². The summed E-state index contributed by atoms with van der Waals surface area (Å²) in [5, 5.41) is 3.51. The van der Waals surface area contributed by atoms with Crippen LogP contribution >= 0.6 is 11.3 Å². The fourth-order valence-electron chi connectivity index (χ4n) is 3.98. The van der Waals surface area contributed by atoms with Gasteiger partial charge in [0.1, 0.15) is 10.7 Å². The zero-order chi connectivity index (χ0) is 21.3. The Morgan fingerprint density at radius 2 is 2.07 bits per heavy atom. The minimum absolute atomic E-state index is 0.0286. The second-order valence-corrected chi connectivity index (χ2v) is 8.37. The molecule has 8 heteroatoms. The number of carbonyl (C=O) groups excluding carboxylic acids is 1. The topological polar surface area (TPSA) is 82.5 Å². The van der Waals surface area contributed by atoms with Gasteiger partial charge >= 0.3 is 0 Å². The molecule has 1 aliphatic rings. The summed E-state index contributed by atoms with van der Waals surface area (Å²) in [7, 11) is 3.15. The van der Waals surface area contributed by atoms with E-state index in [0.29, 0.717) is 38.7 Å². The van der Waals surface area contributed by atoms with Crippen LogP contribution in [0.2, 0.25) is 0 Å². The number of amides is 1. The van der Waals surface area contributed by atoms with E-state index in [2.05, 4.69) is 5.32 Å². The van der Waals surface area contributed by atoms with E-state index in [0.717, 1.165) is 37.1 Å². The lowest BCUT2D eigenvalue weighted by Crippen LogP contribution is -2.25. The monoisotopic (exact) mass is 427 g/mol. The Bertz CT molecular complexity index is 1170. The van der Waals surface area contributed by atoms with Gasteiger partial charge in [-0.3, -0.25) is 14.2 Å². The SMILES string of the molecule is COc1cccc(CNC(=O)c2sc3nc4n(c(=O)c3c2C)CCCCC4)c1OC. The molecule has 7 nitrogen and oxygen atoms in total. The Labute approximate surface area is 178 Å². The summed E-state index contributed by atoms with van der Waals surface area (Å²) in [4.78, 5) is 31.9. The summed E-state index contributed by atoms with van der Waals surface area (Å²) >= 11 is 1.29. The van der Waals surface area contributed by atoms with Gasteiger partial charge in [0, 0.05) is 25.1 Å². The number of thiophene rings is 1. The molecule has 3 aromatic rings. The van der Waals surface area contributed by atoms with E-state index in [4.69, 9.17) is 14.5 Å². The molecule has 1 amide bonds. The lowest BCUT2D eigenvalue weighted by molar-refractivity contribution is 0.0954. The number of aryl methyl sites for hydroxylation is 2. The van der Waals surface area contributed by atoms with Gasteiger partial charge in [0.15, 0.2) is 11.5 Å². The Hall–Kier alpha value is -2.87. The minimum Gasteiger partial charge on any atom is -0.493 e. The molecule has 4 rings (SSSR count). The van der Waals surface area contributed by atoms with Crippen LogP contribution in [0.5, 0.6) is 11.5 Å². The predicted molar refractivity (Wildman–Crippen MR) is 117 cm³/mol. The summed E-state index contributed by atoms with van der Waals surface area (Å²) in [5.41, 5.74) is 1.48. The number of benzene rings is 1. The van der Waals surface area contributed by atoms with Crippen molar-refractivity contribution in [2.75, 3.05) is 14.2 Å². The van der Waals surface area contributed by atoms with Crippen LogP contribution in [-0.4, -0.2) is 29.7 Å². The molecule has 0 atom stereocenters. The van der Waals surface area contributed by atoms with Gasteiger partial charge in [-0.05, 0) is 31.4 Å². The maximum absolute atomic E-state index is 13.1. The second kappa shape index (κ2) is 8.47. The number of para-hydroxylation sites is 1. The van der Waals surface area contributed by atoms with Crippen molar-refractivity contribution in [1.29, 1.82) is 0 Å². The minimum atomic E-state index is -0.222. The molecular formula is C22H25N3O4S. The van der Waals surface area contributed by atoms with Gasteiger partial charge in [-0.15, -0.1) is 11.3 Å². The number of hydrogen-bond donors (Lipinski definition) is 1. The van der Waals surface area contributed by atoms with Crippen LogP contribution < -0.4 is 20.3 Å². The van der Waals surface area contributed by atoms with Gasteiger partial charge in [0.2, 0.25) is 0 Å². The molecule has 0 unspecified atom stereocenters. The maximum atomic E-state index is 13.1. The molecule has 3 heterocycles. The standard InChI is InChI=1S/C22H25N3O4S/c1-13-17-21(24-16-10-5-4-6-11-25(16)22(17)27)30-19(13)20(26)23-12-14-8-7-9-15(28-2)18(14)29-3/h7-9H,4-6,10-12H2,1-3H3,(H,23,26). The van der Waals surface area contributed by atoms with Crippen LogP contribution in [0.15, 0.2) is 23.0 Å². The molecule has 0 saturated carbocycles. The van der Waals surface area contributed by atoms with Gasteiger partial charge in [-0.1, -0.05) is 18.6 Å². The molecule has 0 saturated heterocycles. The number of aromatic nitrogens is 2. The van der Waals surface area contributed by atoms with Crippen LogP contribution in [0.3, 0.4) is 0 Å². The first-order valence-electron chi connectivity index (χ1n) is 10.1. The quantitative estimate of drug-likeness (QED) is 0.675. The maximum Gasteiger partial charge on any atom is 0.262 e. The number of nitrogens with zero attached hydrogens (tertiary/aromatic N) is 2. The molecule has 158 valence electrons. The first-order chi connectivity index (χ1) is 14.5. The summed E-state index contributed by atoms with van der Waals surface area (Å²) in [6.45, 7) is 2.81. The number of methoxy groups -OCH3 is 2. The summed E-state index contributed by atoms with van der Waals surface area (Å²) in [5.74, 6) is 1.82. The molecule has 0 spiro atoms. The van der Waals surface area contributed by atoms with Crippen molar-refractivity contribution in [2.45, 2.75) is 45.7 Å². The molecule has 0 fully saturated rings. The number of carbonyl (C=O) groups is 1. The zero-order valence-corrected chi connectivity index (χ0v) is 18.2. The predicted octanol–water partition coefficient (Wildman–Crippen LogP) is 3.44. The lowest BCUT2D eigenvalue weighted by atomic mass is 10.1. The molecule has 1 N–H and O–H groups in total. The number of nitrogens with one attached hydrogen (secondary N) is 1. The largest absolute Gasteiger partial charge is 0.493 e. The molecule has 2 aromatic heterocycles. The van der Waals surface area contributed by atoms with E-state index in [1.54, 1.807) is 18.8 Å². The van der Waals surface area contributed by atoms with E-state index >= 15 is 0 Å². The van der Waals surface area contributed by atoms with Crippen molar-refractivity contribution >= 4 is 27.5 Å². The fourth-order valence-corrected chi connectivity index (χ4v) is 5.08. The molecule has 0 bridgehead atoms. The highest BCUT2D eigenvalue weighted by Crippen LogP contribution is 2.31. The van der Waals surface area contributed by atoms with Crippen molar-refractivity contribution < 1.29 is 14.3 Å². The molecule has 0 aliphatic carbocycles. The van der Waals surface area contributed by atoms with E-state index in [9.17, 15) is 9.59 Å². The summed E-state index contributed by atoms with van der Waals surface area (Å²) in [6.07, 6.45) is 3.94. The van der Waals surface area contributed by atoms with Crippen LogP contribution in [-0.2, 0) is 19.5 Å². The van der Waals surface area contributed by atoms with Crippen molar-refractivity contribution in [1.82, 2.24) is 14.9 Å². The Balaban J connectivity index is 1.64. The van der Waals surface area contributed by atoms with E-state index < -0.39 is 0 Å². The van der Waals surface area contributed by atoms with Crippen LogP contribution in [0, 0.1) is 6.92 Å². The number of ether oxygens (including phenoxy) is 2. The third-order valence-electron chi connectivity index (χ3n) is 5.54. The van der Waals surface area contributed by atoms with Gasteiger partial charge in [0.05, 0.1) is 24.5 Å². The number of rotatable bonds is 5. The summed E-state index contributed by atoms with van der Waals surface area (Å²) < 4.78 is 12.5. The van der Waals surface area contributed by atoms with E-state index in [1.165, 1.54) is 11.3 Å². The fraction of sp³-hybridized carbons (Fsp3) is 0.409. The highest BCUT2D eigenvalue weighted by atomic mass is 32.1. The molecule has 30 heavy (non-hydrogen) atoms. The smallest absolute Gasteiger partial charge is 0.262 e. The molecular weight excluding hydrogens is 402 g/mol. The molecule has 1 aromatic carbocycles. The summed E-state index contributed by atoms with van der Waals surface area (Å²) in [6, 6.07) is 5.54. The number of hydrogen-bond acceptors (Lipinski definition) is 6. The highest BCUT2D eigenvalue weighted by Gasteiger charge is 2.22. The average molecular weight is 428 g/mol. The van der Waals surface area contributed by atoms with Gasteiger partial charge in [0.25, 0.3) is 11.5 Å².